The van der Waals surface area contributed by atoms with Crippen molar-refractivity contribution in [3.63, 3.8) is 0 Å². The highest BCUT2D eigenvalue weighted by Gasteiger charge is 2.14. The van der Waals surface area contributed by atoms with Gasteiger partial charge in [-0.3, -0.25) is 4.79 Å². The Morgan fingerprint density at radius 1 is 1.35 bits per heavy atom. The zero-order chi connectivity index (χ0) is 12.3. The Balaban J connectivity index is 2.00. The van der Waals surface area contributed by atoms with Gasteiger partial charge in [0.2, 0.25) is 0 Å². The number of carbonyl (C=O) groups is 1. The van der Waals surface area contributed by atoms with Crippen LogP contribution in [0.3, 0.4) is 0 Å². The third kappa shape index (κ3) is 2.95. The molecule has 0 aromatic heterocycles. The van der Waals surface area contributed by atoms with Gasteiger partial charge in [-0.15, -0.1) is 0 Å². The fourth-order valence-electron chi connectivity index (χ4n) is 2.16. The fourth-order valence-corrected chi connectivity index (χ4v) is 2.16. The number of ether oxygens (including phenoxy) is 1. The van der Waals surface area contributed by atoms with Crippen molar-refractivity contribution in [3.05, 3.63) is 34.9 Å². The van der Waals surface area contributed by atoms with Gasteiger partial charge in [0.25, 0.3) is 0 Å². The quantitative estimate of drug-likeness (QED) is 0.729. The summed E-state index contributed by atoms with van der Waals surface area (Å²) in [6, 6.07) is 6.08. The first kappa shape index (κ1) is 12.3. The minimum Gasteiger partial charge on any atom is -0.370 e. The van der Waals surface area contributed by atoms with Crippen molar-refractivity contribution < 1.29 is 9.53 Å². The molecule has 0 radical (unpaired) electrons. The maximum Gasteiger partial charge on any atom is 0.188 e. The van der Waals surface area contributed by atoms with E-state index in [1.807, 2.05) is 19.1 Å². The predicted molar refractivity (Wildman–Crippen MR) is 68.5 cm³/mol. The molecule has 1 aromatic carbocycles. The third-order valence-corrected chi connectivity index (χ3v) is 3.49. The molecule has 0 saturated carbocycles. The van der Waals surface area contributed by atoms with Gasteiger partial charge in [-0.25, -0.2) is 0 Å². The highest BCUT2D eigenvalue weighted by atomic mass is 16.5. The monoisotopic (exact) mass is 232 g/mol. The average Bonchev–Trinajstić information content (AvgIpc) is 2.82. The molecule has 92 valence electrons. The van der Waals surface area contributed by atoms with Gasteiger partial charge >= 0.3 is 0 Å². The van der Waals surface area contributed by atoms with E-state index in [0.29, 0.717) is 0 Å². The molecule has 0 fully saturated rings. The minimum absolute atomic E-state index is 0.0972. The van der Waals surface area contributed by atoms with Gasteiger partial charge in [0.1, 0.15) is 6.61 Å². The van der Waals surface area contributed by atoms with Gasteiger partial charge in [0, 0.05) is 5.56 Å². The molecular formula is C15H20O2. The zero-order valence-electron chi connectivity index (χ0n) is 10.7. The van der Waals surface area contributed by atoms with E-state index in [9.17, 15) is 4.79 Å². The number of carbonyl (C=O) groups excluding carboxylic acids is 1. The van der Waals surface area contributed by atoms with Gasteiger partial charge in [0.15, 0.2) is 5.78 Å². The number of ketones is 1. The summed E-state index contributed by atoms with van der Waals surface area (Å²) in [5, 5.41) is 0. The summed E-state index contributed by atoms with van der Waals surface area (Å²) in [5.74, 6) is 0.0972. The molecule has 0 saturated heterocycles. The number of aryl methyl sites for hydroxylation is 2. The molecule has 0 amide bonds. The summed E-state index contributed by atoms with van der Waals surface area (Å²) >= 11 is 0. The van der Waals surface area contributed by atoms with Crippen LogP contribution in [0.5, 0.6) is 0 Å². The molecule has 1 aliphatic rings. The molecule has 0 aliphatic heterocycles. The van der Waals surface area contributed by atoms with Crippen molar-refractivity contribution in [2.45, 2.75) is 45.6 Å². The lowest BCUT2D eigenvalue weighted by molar-refractivity contribution is 0.0511. The summed E-state index contributed by atoms with van der Waals surface area (Å²) in [6.45, 7) is 4.26. The molecule has 0 N–H and O–H groups in total. The first-order valence-corrected chi connectivity index (χ1v) is 6.47. The maximum absolute atomic E-state index is 11.9. The van der Waals surface area contributed by atoms with Gasteiger partial charge in [-0.1, -0.05) is 19.1 Å². The number of hydrogen-bond acceptors (Lipinski definition) is 2. The highest BCUT2D eigenvalue weighted by Crippen LogP contribution is 2.23. The van der Waals surface area contributed by atoms with Gasteiger partial charge in [-0.05, 0) is 49.8 Å². The Morgan fingerprint density at radius 3 is 2.88 bits per heavy atom. The summed E-state index contributed by atoms with van der Waals surface area (Å²) in [5.41, 5.74) is 3.55. The lowest BCUT2D eigenvalue weighted by atomic mass is 10.0. The van der Waals surface area contributed by atoms with Crippen LogP contribution >= 0.6 is 0 Å². The molecule has 0 spiro atoms. The normalized spacial score (nSPS) is 15.6. The molecule has 1 aliphatic carbocycles. The van der Waals surface area contributed by atoms with Crippen LogP contribution in [0.15, 0.2) is 18.2 Å². The third-order valence-electron chi connectivity index (χ3n) is 3.49. The zero-order valence-corrected chi connectivity index (χ0v) is 10.7. The average molecular weight is 232 g/mol. The van der Waals surface area contributed by atoms with E-state index in [1.165, 1.54) is 17.5 Å². The molecule has 2 heteroatoms. The Morgan fingerprint density at radius 2 is 2.12 bits per heavy atom. The van der Waals surface area contributed by atoms with E-state index in [4.69, 9.17) is 4.74 Å². The van der Waals surface area contributed by atoms with Crippen molar-refractivity contribution >= 4 is 5.78 Å². The van der Waals surface area contributed by atoms with E-state index >= 15 is 0 Å². The van der Waals surface area contributed by atoms with Crippen LogP contribution in [0.4, 0.5) is 0 Å². The summed E-state index contributed by atoms with van der Waals surface area (Å²) < 4.78 is 5.48. The van der Waals surface area contributed by atoms with Crippen LogP contribution in [0, 0.1) is 0 Å². The molecule has 2 rings (SSSR count). The lowest BCUT2D eigenvalue weighted by Gasteiger charge is -2.10. The van der Waals surface area contributed by atoms with Crippen LogP contribution in [-0.4, -0.2) is 18.5 Å². The highest BCUT2D eigenvalue weighted by molar-refractivity contribution is 5.97. The SMILES string of the molecule is CCC(C)OCC(=O)c1ccc2c(c1)CCC2. The van der Waals surface area contributed by atoms with Crippen LogP contribution in [0.25, 0.3) is 0 Å². The largest absolute Gasteiger partial charge is 0.370 e. The Bertz CT molecular complexity index is 409. The summed E-state index contributed by atoms with van der Waals surface area (Å²) in [6.07, 6.45) is 4.59. The van der Waals surface area contributed by atoms with Crippen LogP contribution in [0.1, 0.15) is 48.2 Å². The first-order chi connectivity index (χ1) is 8.20. The molecule has 2 nitrogen and oxygen atoms in total. The summed E-state index contributed by atoms with van der Waals surface area (Å²) in [4.78, 5) is 11.9. The Labute approximate surface area is 103 Å². The number of fused-ring (bicyclic) bond motifs is 1. The van der Waals surface area contributed by atoms with E-state index in [0.717, 1.165) is 24.8 Å². The van der Waals surface area contributed by atoms with Gasteiger partial charge < -0.3 is 4.74 Å². The smallest absolute Gasteiger partial charge is 0.188 e. The first-order valence-electron chi connectivity index (χ1n) is 6.47. The molecule has 17 heavy (non-hydrogen) atoms. The molecule has 0 bridgehead atoms. The Kier molecular flexibility index (Phi) is 3.95. The van der Waals surface area contributed by atoms with E-state index < -0.39 is 0 Å². The number of hydrogen-bond donors (Lipinski definition) is 0. The second kappa shape index (κ2) is 5.46. The molecular weight excluding hydrogens is 212 g/mol. The lowest BCUT2D eigenvalue weighted by Crippen LogP contribution is -2.15. The van der Waals surface area contributed by atoms with E-state index in [1.54, 1.807) is 0 Å². The number of benzene rings is 1. The maximum atomic E-state index is 11.9. The minimum atomic E-state index is 0.0972. The Hall–Kier alpha value is -1.15. The van der Waals surface area contributed by atoms with Crippen molar-refractivity contribution in [3.8, 4) is 0 Å². The number of Topliss-reactive ketones (excluding diaryl/α,β-unsaturated/α-hetero) is 1. The van der Waals surface area contributed by atoms with Crippen LogP contribution in [-0.2, 0) is 17.6 Å². The predicted octanol–water partition coefficient (Wildman–Crippen LogP) is 3.17. The van der Waals surface area contributed by atoms with Crippen molar-refractivity contribution in [2.24, 2.45) is 0 Å². The fraction of sp³-hybridized carbons (Fsp3) is 0.533. The van der Waals surface area contributed by atoms with Crippen molar-refractivity contribution in [1.82, 2.24) is 0 Å². The topological polar surface area (TPSA) is 26.3 Å². The van der Waals surface area contributed by atoms with E-state index in [-0.39, 0.29) is 18.5 Å². The standard InChI is InChI=1S/C15H20O2/c1-3-11(2)17-10-15(16)14-8-7-12-5-4-6-13(12)9-14/h7-9,11H,3-6,10H2,1-2H3. The summed E-state index contributed by atoms with van der Waals surface area (Å²) in [7, 11) is 0. The molecule has 1 aromatic rings. The van der Waals surface area contributed by atoms with Crippen molar-refractivity contribution in [1.29, 1.82) is 0 Å². The van der Waals surface area contributed by atoms with E-state index in [2.05, 4.69) is 13.0 Å². The number of rotatable bonds is 5. The van der Waals surface area contributed by atoms with Crippen molar-refractivity contribution in [2.75, 3.05) is 6.61 Å². The second-order valence-electron chi connectivity index (χ2n) is 4.79. The molecule has 1 atom stereocenters. The molecule has 1 unspecified atom stereocenters. The molecule has 0 heterocycles. The van der Waals surface area contributed by atoms with Gasteiger partial charge in [0.05, 0.1) is 6.10 Å². The van der Waals surface area contributed by atoms with Gasteiger partial charge in [-0.2, -0.15) is 0 Å². The van der Waals surface area contributed by atoms with Crippen LogP contribution < -0.4 is 0 Å². The van der Waals surface area contributed by atoms with Crippen LogP contribution in [0.2, 0.25) is 0 Å². The second-order valence-corrected chi connectivity index (χ2v) is 4.79.